The molecule has 0 aliphatic heterocycles. The van der Waals surface area contributed by atoms with E-state index in [1.54, 1.807) is 7.11 Å². The van der Waals surface area contributed by atoms with Crippen LogP contribution in [0.3, 0.4) is 0 Å². The first-order chi connectivity index (χ1) is 5.31. The van der Waals surface area contributed by atoms with Gasteiger partial charge in [-0.1, -0.05) is 12.6 Å². The summed E-state index contributed by atoms with van der Waals surface area (Å²) in [6.45, 7) is 3.92. The third-order valence-corrected chi connectivity index (χ3v) is 2.10. The first-order valence-corrected chi connectivity index (χ1v) is 3.66. The third-order valence-electron chi connectivity index (χ3n) is 2.10. The summed E-state index contributed by atoms with van der Waals surface area (Å²) in [5.41, 5.74) is 3.87. The molecule has 0 amide bonds. The van der Waals surface area contributed by atoms with Crippen molar-refractivity contribution in [2.24, 2.45) is 0 Å². The van der Waals surface area contributed by atoms with E-state index in [0.29, 0.717) is 0 Å². The van der Waals surface area contributed by atoms with Gasteiger partial charge in [0.25, 0.3) is 0 Å². The topological polar surface area (TPSA) is 9.23 Å². The van der Waals surface area contributed by atoms with Crippen LogP contribution in [0.15, 0.2) is 24.8 Å². The van der Waals surface area contributed by atoms with Crippen LogP contribution in [0.5, 0.6) is 5.75 Å². The highest BCUT2D eigenvalue weighted by atomic mass is 16.5. The van der Waals surface area contributed by atoms with E-state index < -0.39 is 0 Å². The van der Waals surface area contributed by atoms with Gasteiger partial charge < -0.3 is 4.74 Å². The predicted molar refractivity (Wildman–Crippen MR) is 45.7 cm³/mol. The molecule has 1 aliphatic rings. The van der Waals surface area contributed by atoms with Crippen molar-refractivity contribution in [2.45, 2.75) is 6.42 Å². The number of methoxy groups -OCH3 is 1. The molecule has 1 aromatic carbocycles. The van der Waals surface area contributed by atoms with Gasteiger partial charge in [-0.25, -0.2) is 0 Å². The molecular weight excluding hydrogens is 136 g/mol. The second-order valence-corrected chi connectivity index (χ2v) is 2.80. The number of ether oxygens (including phenoxy) is 1. The van der Waals surface area contributed by atoms with Crippen molar-refractivity contribution in [2.75, 3.05) is 7.11 Å². The standard InChI is InChI=1S/C10H10O/c1-7-5-8-3-4-9(11-2)6-10(7)8/h3-4,6H,1,5H2,2H3. The Hall–Kier alpha value is -1.24. The second-order valence-electron chi connectivity index (χ2n) is 2.80. The van der Waals surface area contributed by atoms with Gasteiger partial charge in [-0.2, -0.15) is 0 Å². The maximum Gasteiger partial charge on any atom is 0.119 e. The molecule has 1 aromatic rings. The van der Waals surface area contributed by atoms with Crippen LogP contribution in [-0.2, 0) is 6.42 Å². The van der Waals surface area contributed by atoms with Gasteiger partial charge in [-0.15, -0.1) is 0 Å². The molecular formula is C10H10O. The van der Waals surface area contributed by atoms with Crippen molar-refractivity contribution in [1.29, 1.82) is 0 Å². The van der Waals surface area contributed by atoms with Gasteiger partial charge in [-0.05, 0) is 35.3 Å². The zero-order chi connectivity index (χ0) is 7.84. The van der Waals surface area contributed by atoms with Crippen LogP contribution >= 0.6 is 0 Å². The lowest BCUT2D eigenvalue weighted by atomic mass is 9.84. The highest BCUT2D eigenvalue weighted by Gasteiger charge is 2.17. The first kappa shape index (κ1) is 6.47. The average Bonchev–Trinajstić information content (AvgIpc) is 2.03. The van der Waals surface area contributed by atoms with Gasteiger partial charge in [0.1, 0.15) is 5.75 Å². The van der Waals surface area contributed by atoms with Crippen molar-refractivity contribution in [3.05, 3.63) is 35.9 Å². The Bertz CT molecular complexity index is 313. The molecule has 0 heterocycles. The van der Waals surface area contributed by atoms with Gasteiger partial charge >= 0.3 is 0 Å². The Balaban J connectivity index is 2.48. The second kappa shape index (κ2) is 2.12. The summed E-state index contributed by atoms with van der Waals surface area (Å²) in [4.78, 5) is 0. The van der Waals surface area contributed by atoms with Crippen molar-refractivity contribution >= 4 is 5.57 Å². The van der Waals surface area contributed by atoms with Crippen LogP contribution in [0.2, 0.25) is 0 Å². The summed E-state index contributed by atoms with van der Waals surface area (Å²) in [6.07, 6.45) is 1.04. The van der Waals surface area contributed by atoms with Crippen molar-refractivity contribution in [3.63, 3.8) is 0 Å². The van der Waals surface area contributed by atoms with Crippen LogP contribution in [0.25, 0.3) is 5.57 Å². The maximum atomic E-state index is 5.09. The molecule has 0 saturated heterocycles. The number of benzene rings is 1. The number of hydrogen-bond acceptors (Lipinski definition) is 1. The van der Waals surface area contributed by atoms with Gasteiger partial charge in [0.05, 0.1) is 7.11 Å². The van der Waals surface area contributed by atoms with E-state index in [1.165, 1.54) is 16.7 Å². The van der Waals surface area contributed by atoms with E-state index in [0.717, 1.165) is 12.2 Å². The van der Waals surface area contributed by atoms with Gasteiger partial charge in [0.15, 0.2) is 0 Å². The molecule has 0 saturated carbocycles. The molecule has 0 unspecified atom stereocenters. The zero-order valence-electron chi connectivity index (χ0n) is 6.55. The summed E-state index contributed by atoms with van der Waals surface area (Å²) >= 11 is 0. The smallest absolute Gasteiger partial charge is 0.119 e. The average molecular weight is 146 g/mol. The molecule has 11 heavy (non-hydrogen) atoms. The number of fused-ring (bicyclic) bond motifs is 1. The molecule has 1 aliphatic carbocycles. The number of rotatable bonds is 1. The molecule has 0 atom stereocenters. The van der Waals surface area contributed by atoms with E-state index in [-0.39, 0.29) is 0 Å². The van der Waals surface area contributed by atoms with Crippen LogP contribution in [-0.4, -0.2) is 7.11 Å². The van der Waals surface area contributed by atoms with E-state index in [2.05, 4.69) is 12.6 Å². The van der Waals surface area contributed by atoms with E-state index in [4.69, 9.17) is 4.74 Å². The van der Waals surface area contributed by atoms with Crippen molar-refractivity contribution < 1.29 is 4.74 Å². The lowest BCUT2D eigenvalue weighted by Gasteiger charge is -2.21. The maximum absolute atomic E-state index is 5.09. The molecule has 0 fully saturated rings. The normalized spacial score (nSPS) is 13.7. The molecule has 0 bridgehead atoms. The first-order valence-electron chi connectivity index (χ1n) is 3.66. The lowest BCUT2D eigenvalue weighted by molar-refractivity contribution is 0.414. The highest BCUT2D eigenvalue weighted by molar-refractivity contribution is 5.78. The van der Waals surface area contributed by atoms with Gasteiger partial charge in [0.2, 0.25) is 0 Å². The van der Waals surface area contributed by atoms with Crippen molar-refractivity contribution in [3.8, 4) is 5.75 Å². The zero-order valence-corrected chi connectivity index (χ0v) is 6.55. The van der Waals surface area contributed by atoms with E-state index >= 15 is 0 Å². The Morgan fingerprint density at radius 3 is 2.91 bits per heavy atom. The van der Waals surface area contributed by atoms with Crippen LogP contribution in [0, 0.1) is 0 Å². The van der Waals surface area contributed by atoms with E-state index in [1.807, 2.05) is 12.1 Å². The highest BCUT2D eigenvalue weighted by Crippen LogP contribution is 2.34. The predicted octanol–water partition coefficient (Wildman–Crippen LogP) is 2.26. The molecule has 0 N–H and O–H groups in total. The fourth-order valence-electron chi connectivity index (χ4n) is 1.38. The van der Waals surface area contributed by atoms with Crippen LogP contribution in [0.1, 0.15) is 11.1 Å². The number of hydrogen-bond donors (Lipinski definition) is 0. The molecule has 1 heteroatoms. The Morgan fingerprint density at radius 1 is 1.45 bits per heavy atom. The molecule has 2 rings (SSSR count). The minimum absolute atomic E-state index is 0.921. The fraction of sp³-hybridized carbons (Fsp3) is 0.200. The quantitative estimate of drug-likeness (QED) is 0.590. The molecule has 1 nitrogen and oxygen atoms in total. The fourth-order valence-corrected chi connectivity index (χ4v) is 1.38. The Morgan fingerprint density at radius 2 is 2.27 bits per heavy atom. The van der Waals surface area contributed by atoms with Gasteiger partial charge in [-0.3, -0.25) is 0 Å². The minimum Gasteiger partial charge on any atom is -0.497 e. The minimum atomic E-state index is 0.921. The summed E-state index contributed by atoms with van der Waals surface area (Å²) in [5, 5.41) is 0. The molecule has 0 radical (unpaired) electrons. The summed E-state index contributed by atoms with van der Waals surface area (Å²) < 4.78 is 5.09. The largest absolute Gasteiger partial charge is 0.497 e. The van der Waals surface area contributed by atoms with Crippen molar-refractivity contribution in [1.82, 2.24) is 0 Å². The molecule has 0 aromatic heterocycles. The number of allylic oxidation sites excluding steroid dienone is 1. The summed E-state index contributed by atoms with van der Waals surface area (Å²) in [7, 11) is 1.68. The summed E-state index contributed by atoms with van der Waals surface area (Å²) in [6, 6.07) is 6.13. The van der Waals surface area contributed by atoms with Crippen LogP contribution < -0.4 is 4.74 Å². The Kier molecular flexibility index (Phi) is 1.25. The summed E-state index contributed by atoms with van der Waals surface area (Å²) in [5.74, 6) is 0.921. The lowest BCUT2D eigenvalue weighted by Crippen LogP contribution is -2.05. The van der Waals surface area contributed by atoms with E-state index in [9.17, 15) is 0 Å². The van der Waals surface area contributed by atoms with Gasteiger partial charge in [0, 0.05) is 0 Å². The molecule has 56 valence electrons. The molecule has 0 spiro atoms. The SMILES string of the molecule is C=C1Cc2ccc(OC)cc21. The Labute approximate surface area is 66.3 Å². The van der Waals surface area contributed by atoms with Crippen LogP contribution in [0.4, 0.5) is 0 Å². The third kappa shape index (κ3) is 0.845. The monoisotopic (exact) mass is 146 g/mol.